The number of nitrogens with zero attached hydrogens (tertiary/aromatic N) is 1. The van der Waals surface area contributed by atoms with Crippen molar-refractivity contribution in [3.05, 3.63) is 0 Å². The Morgan fingerprint density at radius 2 is 0.513 bits per heavy atom. The minimum atomic E-state index is -0.450. The van der Waals surface area contributed by atoms with Crippen LogP contribution in [0, 0.1) is 0 Å². The van der Waals surface area contributed by atoms with Crippen LogP contribution in [0.4, 0.5) is 0 Å². The zero-order valence-corrected chi connectivity index (χ0v) is 53.5. The molecule has 16 nitrogen and oxygen atoms in total. The van der Waals surface area contributed by atoms with Gasteiger partial charge in [-0.1, -0.05) is 84.0 Å². The van der Waals surface area contributed by atoms with Gasteiger partial charge in [-0.2, -0.15) is 0 Å². The van der Waals surface area contributed by atoms with E-state index >= 15 is 0 Å². The number of aliphatic hydroxyl groups excluding tert-OH is 2. The van der Waals surface area contributed by atoms with Gasteiger partial charge in [-0.15, -0.1) is 0 Å². The van der Waals surface area contributed by atoms with Crippen molar-refractivity contribution in [2.24, 2.45) is 0 Å². The first-order valence-corrected chi connectivity index (χ1v) is 31.4. The molecule has 0 radical (unpaired) electrons. The molecule has 0 spiro atoms. The smallest absolute Gasteiger partial charge is 0.110 e. The van der Waals surface area contributed by atoms with Crippen LogP contribution in [-0.2, 0) is 61.6 Å². The minimum absolute atomic E-state index is 0.0353. The van der Waals surface area contributed by atoms with E-state index in [1.807, 2.05) is 90.0 Å². The maximum atomic E-state index is 10.6. The Bertz CT molecular complexity index is 1290. The average Bonchev–Trinajstić information content (AvgIpc) is 3.43. The molecule has 16 heteroatoms. The Balaban J connectivity index is 4.03. The fourth-order valence-corrected chi connectivity index (χ4v) is 8.75. The van der Waals surface area contributed by atoms with Crippen LogP contribution in [0.15, 0.2) is 0 Å². The van der Waals surface area contributed by atoms with Crippen LogP contribution in [0.3, 0.4) is 0 Å². The first-order chi connectivity index (χ1) is 37.2. The van der Waals surface area contributed by atoms with Crippen LogP contribution in [0.5, 0.6) is 0 Å². The summed E-state index contributed by atoms with van der Waals surface area (Å²) >= 11 is 0. The van der Waals surface area contributed by atoms with Crippen molar-refractivity contribution < 1.29 is 76.3 Å². The molecule has 0 bridgehead atoms. The molecule has 0 aliphatic rings. The van der Waals surface area contributed by atoms with Crippen LogP contribution < -0.4 is 0 Å². The van der Waals surface area contributed by atoms with Gasteiger partial charge >= 0.3 is 0 Å². The molecule has 0 aliphatic carbocycles. The van der Waals surface area contributed by atoms with Gasteiger partial charge in [0.1, 0.15) is 12.6 Å². The van der Waals surface area contributed by atoms with Crippen molar-refractivity contribution in [3.8, 4) is 0 Å². The van der Waals surface area contributed by atoms with E-state index in [4.69, 9.17) is 61.6 Å². The molecule has 0 heterocycles. The molecule has 15 unspecified atom stereocenters. The highest BCUT2D eigenvalue weighted by molar-refractivity contribution is 4.67. The molecular formula is C62H128NO15+. The molecular weight excluding hydrogens is 999 g/mol. The third-order valence-corrected chi connectivity index (χ3v) is 14.6. The number of rotatable bonds is 58. The lowest BCUT2D eigenvalue weighted by Crippen LogP contribution is -2.57. The van der Waals surface area contributed by atoms with Gasteiger partial charge in [0.05, 0.1) is 191 Å². The lowest BCUT2D eigenvalue weighted by atomic mass is 10.0. The third-order valence-electron chi connectivity index (χ3n) is 14.6. The Kier molecular flexibility index (Phi) is 49.3. The molecule has 0 aromatic rings. The summed E-state index contributed by atoms with van der Waals surface area (Å²) in [6.45, 7) is 43.7. The Morgan fingerprint density at radius 1 is 0.295 bits per heavy atom. The standard InChI is InChI=1S/C62H128NO15/c1-18-21-22-23-24-25-26-27-28-29-30-31-32-62(65)61(17)78-47-60(16)77-46-59(15)76-45-58(14)75-44-57(13)74-43-56(12)73-42-55(11)72-41-54(10)71-40-53(9)70-39-52(8)69-38-51(7)68-37-50(6)67-36-49(5)66-35-48(4)63(19-2,20-3)33-34-64/h48-62,64-65H,18-47H2,1-17H3/q+1. The quantitative estimate of drug-likeness (QED) is 0.0437. The van der Waals surface area contributed by atoms with E-state index in [9.17, 15) is 10.2 Å². The number of ether oxygens (including phenoxy) is 13. The second-order valence-electron chi connectivity index (χ2n) is 23.2. The van der Waals surface area contributed by atoms with Crippen molar-refractivity contribution in [2.45, 2.75) is 293 Å². The highest BCUT2D eigenvalue weighted by Gasteiger charge is 2.31. The predicted octanol–water partition coefficient (Wildman–Crippen LogP) is 10.9. The van der Waals surface area contributed by atoms with Crippen LogP contribution >= 0.6 is 0 Å². The van der Waals surface area contributed by atoms with Crippen LogP contribution in [0.1, 0.15) is 201 Å². The number of quaternary nitrogens is 1. The average molecular weight is 1130 g/mol. The monoisotopic (exact) mass is 1130 g/mol. The summed E-state index contributed by atoms with van der Waals surface area (Å²) < 4.78 is 79.1. The number of hydrogen-bond donors (Lipinski definition) is 2. The summed E-state index contributed by atoms with van der Waals surface area (Å²) in [4.78, 5) is 0. The van der Waals surface area contributed by atoms with Crippen molar-refractivity contribution in [2.75, 3.05) is 112 Å². The van der Waals surface area contributed by atoms with E-state index < -0.39 is 6.10 Å². The summed E-state index contributed by atoms with van der Waals surface area (Å²) in [5.41, 5.74) is 0. The lowest BCUT2D eigenvalue weighted by molar-refractivity contribution is -0.947. The van der Waals surface area contributed by atoms with Gasteiger partial charge in [-0.05, 0) is 117 Å². The summed E-state index contributed by atoms with van der Waals surface area (Å²) in [7, 11) is 0. The van der Waals surface area contributed by atoms with E-state index in [1.165, 1.54) is 70.6 Å². The zero-order chi connectivity index (χ0) is 58.6. The maximum absolute atomic E-state index is 10.6. The van der Waals surface area contributed by atoms with Gasteiger partial charge in [-0.3, -0.25) is 0 Å². The van der Waals surface area contributed by atoms with Gasteiger partial charge in [0.2, 0.25) is 0 Å². The fourth-order valence-electron chi connectivity index (χ4n) is 8.75. The van der Waals surface area contributed by atoms with Crippen LogP contribution in [0.2, 0.25) is 0 Å². The van der Waals surface area contributed by atoms with Crippen LogP contribution in [-0.4, -0.2) is 218 Å². The van der Waals surface area contributed by atoms with Crippen molar-refractivity contribution in [3.63, 3.8) is 0 Å². The topological polar surface area (TPSA) is 160 Å². The normalized spacial score (nSPS) is 18.3. The summed E-state index contributed by atoms with van der Waals surface area (Å²) in [5.74, 6) is 0. The second-order valence-corrected chi connectivity index (χ2v) is 23.2. The zero-order valence-electron chi connectivity index (χ0n) is 53.5. The summed E-state index contributed by atoms with van der Waals surface area (Å²) in [5, 5.41) is 20.2. The molecule has 470 valence electrons. The summed E-state index contributed by atoms with van der Waals surface area (Å²) in [6.07, 6.45) is 14.8. The first-order valence-electron chi connectivity index (χ1n) is 31.4. The largest absolute Gasteiger partial charge is 0.391 e. The van der Waals surface area contributed by atoms with Gasteiger partial charge < -0.3 is 76.3 Å². The van der Waals surface area contributed by atoms with Crippen molar-refractivity contribution in [1.82, 2.24) is 0 Å². The van der Waals surface area contributed by atoms with Crippen molar-refractivity contribution >= 4 is 0 Å². The second kappa shape index (κ2) is 49.8. The highest BCUT2D eigenvalue weighted by Crippen LogP contribution is 2.17. The fraction of sp³-hybridized carbons (Fsp3) is 1.00. The molecule has 0 fully saturated rings. The molecule has 0 saturated heterocycles. The molecule has 0 rings (SSSR count). The van der Waals surface area contributed by atoms with E-state index in [-0.39, 0.29) is 86.0 Å². The Labute approximate surface area is 479 Å². The molecule has 15 atom stereocenters. The molecule has 0 saturated carbocycles. The summed E-state index contributed by atoms with van der Waals surface area (Å²) in [6, 6.07) is 0.297. The predicted molar refractivity (Wildman–Crippen MR) is 315 cm³/mol. The molecule has 0 aromatic carbocycles. The molecule has 0 aromatic heterocycles. The van der Waals surface area contributed by atoms with Gasteiger partial charge in [0.25, 0.3) is 0 Å². The van der Waals surface area contributed by atoms with Crippen molar-refractivity contribution in [1.29, 1.82) is 0 Å². The van der Waals surface area contributed by atoms with Gasteiger partial charge in [0, 0.05) is 0 Å². The number of aliphatic hydroxyl groups is 2. The Hall–Kier alpha value is -0.640. The number of likely N-dealkylation sites (N-methyl/N-ethyl adjacent to an activating group) is 1. The van der Waals surface area contributed by atoms with Gasteiger partial charge in [0.15, 0.2) is 0 Å². The Morgan fingerprint density at radius 3 is 0.744 bits per heavy atom. The SMILES string of the molecule is CCCCCCCCCCCCCCC(O)C(C)OCC(C)OCC(C)OCC(C)OCC(C)OCC(C)OCC(C)OCC(C)OCC(C)OCC(C)OCC(C)OCC(C)OCC(C)OCC(C)[N+](CC)(CC)CCO. The first kappa shape index (κ1) is 77.4. The van der Waals surface area contributed by atoms with Gasteiger partial charge in [-0.25, -0.2) is 0 Å². The minimum Gasteiger partial charge on any atom is -0.391 e. The van der Waals surface area contributed by atoms with E-state index in [2.05, 4.69) is 27.7 Å². The number of unbranched alkanes of at least 4 members (excludes halogenated alkanes) is 11. The lowest BCUT2D eigenvalue weighted by Gasteiger charge is -2.42. The number of hydrogen-bond acceptors (Lipinski definition) is 15. The van der Waals surface area contributed by atoms with E-state index in [0.29, 0.717) is 91.9 Å². The van der Waals surface area contributed by atoms with E-state index in [0.717, 1.165) is 37.0 Å². The maximum Gasteiger partial charge on any atom is 0.110 e. The molecule has 0 amide bonds. The van der Waals surface area contributed by atoms with E-state index in [1.54, 1.807) is 0 Å². The third kappa shape index (κ3) is 43.1. The molecule has 0 aliphatic heterocycles. The van der Waals surface area contributed by atoms with Crippen LogP contribution in [0.25, 0.3) is 0 Å². The molecule has 2 N–H and O–H groups in total. The highest BCUT2D eigenvalue weighted by atomic mass is 16.6. The molecule has 78 heavy (non-hydrogen) atoms.